The second kappa shape index (κ2) is 11.2. The van der Waals surface area contributed by atoms with Gasteiger partial charge in [0, 0.05) is 12.8 Å². The molecule has 23 heavy (non-hydrogen) atoms. The predicted molar refractivity (Wildman–Crippen MR) is 85.6 cm³/mol. The van der Waals surface area contributed by atoms with Gasteiger partial charge >= 0.3 is 13.8 Å². The van der Waals surface area contributed by atoms with Crippen molar-refractivity contribution in [1.82, 2.24) is 0 Å². The van der Waals surface area contributed by atoms with Crippen molar-refractivity contribution in [2.75, 3.05) is 20.3 Å². The SMILES string of the molecule is C=CCC(C(=O)CCC(=C)OP(=O)(OCC)OCC)C(=O)OC. The molecule has 132 valence electrons. The lowest BCUT2D eigenvalue weighted by Crippen LogP contribution is -2.24. The number of rotatable bonds is 13. The Morgan fingerprint density at radius 3 is 2.17 bits per heavy atom. The quantitative estimate of drug-likeness (QED) is 0.166. The highest BCUT2D eigenvalue weighted by Crippen LogP contribution is 2.51. The molecular formula is C15H25O7P. The van der Waals surface area contributed by atoms with Crippen LogP contribution in [-0.4, -0.2) is 32.1 Å². The number of Topliss-reactive ketones (excluding diaryl/α,β-unsaturated/α-hetero) is 1. The van der Waals surface area contributed by atoms with Crippen molar-refractivity contribution < 1.29 is 32.5 Å². The lowest BCUT2D eigenvalue weighted by atomic mass is 9.96. The largest absolute Gasteiger partial charge is 0.529 e. The molecule has 1 atom stereocenters. The zero-order valence-corrected chi connectivity index (χ0v) is 14.8. The van der Waals surface area contributed by atoms with Gasteiger partial charge in [0.15, 0.2) is 0 Å². The molecule has 0 heterocycles. The number of carbonyl (C=O) groups is 2. The fourth-order valence-corrected chi connectivity index (χ4v) is 2.93. The van der Waals surface area contributed by atoms with Crippen molar-refractivity contribution in [2.24, 2.45) is 5.92 Å². The monoisotopic (exact) mass is 348 g/mol. The van der Waals surface area contributed by atoms with Crippen LogP contribution < -0.4 is 0 Å². The molecular weight excluding hydrogens is 323 g/mol. The van der Waals surface area contributed by atoms with Crippen LogP contribution in [0.1, 0.15) is 33.1 Å². The van der Waals surface area contributed by atoms with Gasteiger partial charge in [-0.05, 0) is 20.3 Å². The first-order chi connectivity index (χ1) is 10.8. The Morgan fingerprint density at radius 1 is 1.17 bits per heavy atom. The van der Waals surface area contributed by atoms with Gasteiger partial charge in [0.2, 0.25) is 0 Å². The minimum atomic E-state index is -3.72. The average molecular weight is 348 g/mol. The summed E-state index contributed by atoms with van der Waals surface area (Å²) < 4.78 is 31.8. The van der Waals surface area contributed by atoms with Gasteiger partial charge in [-0.3, -0.25) is 18.6 Å². The number of allylic oxidation sites excluding steroid dienone is 2. The fraction of sp³-hybridized carbons (Fsp3) is 0.600. The van der Waals surface area contributed by atoms with Crippen LogP contribution in [0.3, 0.4) is 0 Å². The molecule has 0 aliphatic carbocycles. The molecule has 8 heteroatoms. The number of hydrogen-bond donors (Lipinski definition) is 0. The summed E-state index contributed by atoms with van der Waals surface area (Å²) in [6, 6.07) is 0. The maximum absolute atomic E-state index is 12.2. The van der Waals surface area contributed by atoms with E-state index in [2.05, 4.69) is 17.9 Å². The molecule has 0 spiro atoms. The predicted octanol–water partition coefficient (Wildman–Crippen LogP) is 3.41. The van der Waals surface area contributed by atoms with Gasteiger partial charge in [-0.15, -0.1) is 6.58 Å². The molecule has 0 saturated carbocycles. The van der Waals surface area contributed by atoms with E-state index in [4.69, 9.17) is 13.6 Å². The summed E-state index contributed by atoms with van der Waals surface area (Å²) in [5, 5.41) is 0. The second-order valence-electron chi connectivity index (χ2n) is 4.48. The van der Waals surface area contributed by atoms with E-state index in [1.54, 1.807) is 13.8 Å². The molecule has 0 aliphatic heterocycles. The zero-order chi connectivity index (χ0) is 17.9. The van der Waals surface area contributed by atoms with E-state index >= 15 is 0 Å². The summed E-state index contributed by atoms with van der Waals surface area (Å²) in [6.07, 6.45) is 1.75. The van der Waals surface area contributed by atoms with Gasteiger partial charge in [-0.25, -0.2) is 4.57 Å². The molecule has 7 nitrogen and oxygen atoms in total. The maximum atomic E-state index is 12.2. The summed E-state index contributed by atoms with van der Waals surface area (Å²) in [5.74, 6) is -1.76. The molecule has 0 radical (unpaired) electrons. The summed E-state index contributed by atoms with van der Waals surface area (Å²) in [6.45, 7) is 10.7. The maximum Gasteiger partial charge on any atom is 0.529 e. The number of esters is 1. The highest BCUT2D eigenvalue weighted by Gasteiger charge is 2.29. The highest BCUT2D eigenvalue weighted by molar-refractivity contribution is 7.48. The molecule has 0 aliphatic rings. The first kappa shape index (κ1) is 21.6. The van der Waals surface area contributed by atoms with Crippen LogP contribution in [0.5, 0.6) is 0 Å². The van der Waals surface area contributed by atoms with Crippen molar-refractivity contribution >= 4 is 19.6 Å². The van der Waals surface area contributed by atoms with Crippen LogP contribution in [0.4, 0.5) is 0 Å². The lowest BCUT2D eigenvalue weighted by Gasteiger charge is -2.18. The van der Waals surface area contributed by atoms with Crippen LogP contribution in [-0.2, 0) is 32.5 Å². The summed E-state index contributed by atoms with van der Waals surface area (Å²) in [7, 11) is -2.50. The van der Waals surface area contributed by atoms with E-state index in [-0.39, 0.29) is 44.0 Å². The number of methoxy groups -OCH3 is 1. The first-order valence-corrected chi connectivity index (χ1v) is 8.77. The van der Waals surface area contributed by atoms with Gasteiger partial charge in [-0.1, -0.05) is 12.7 Å². The molecule has 0 N–H and O–H groups in total. The van der Waals surface area contributed by atoms with E-state index in [1.165, 1.54) is 13.2 Å². The standard InChI is InChI=1S/C15H25O7P/c1-6-9-13(15(17)19-5)14(16)11-10-12(4)22-23(18,20-7-2)21-8-3/h6,13H,1,4,7-11H2,2-3,5H3. The highest BCUT2D eigenvalue weighted by atomic mass is 31.2. The van der Waals surface area contributed by atoms with Crippen LogP contribution in [0.2, 0.25) is 0 Å². The van der Waals surface area contributed by atoms with Crippen molar-refractivity contribution in [2.45, 2.75) is 33.1 Å². The Bertz CT molecular complexity index is 462. The molecule has 0 saturated heterocycles. The zero-order valence-electron chi connectivity index (χ0n) is 13.9. The third kappa shape index (κ3) is 8.11. The molecule has 0 fully saturated rings. The number of hydrogen-bond acceptors (Lipinski definition) is 7. The molecule has 1 unspecified atom stereocenters. The van der Waals surface area contributed by atoms with Crippen LogP contribution in [0.25, 0.3) is 0 Å². The van der Waals surface area contributed by atoms with Gasteiger partial charge in [0.1, 0.15) is 17.5 Å². The fourth-order valence-electron chi connectivity index (χ4n) is 1.71. The van der Waals surface area contributed by atoms with Crippen molar-refractivity contribution in [3.05, 3.63) is 25.0 Å². The van der Waals surface area contributed by atoms with E-state index in [0.29, 0.717) is 0 Å². The number of carbonyl (C=O) groups excluding carboxylic acids is 2. The average Bonchev–Trinajstić information content (AvgIpc) is 2.49. The molecule has 0 aromatic carbocycles. The van der Waals surface area contributed by atoms with Crippen molar-refractivity contribution in [1.29, 1.82) is 0 Å². The Hall–Kier alpha value is -1.43. The van der Waals surface area contributed by atoms with E-state index < -0.39 is 19.7 Å². The Morgan fingerprint density at radius 2 is 1.74 bits per heavy atom. The number of ether oxygens (including phenoxy) is 1. The van der Waals surface area contributed by atoms with E-state index in [9.17, 15) is 14.2 Å². The first-order valence-electron chi connectivity index (χ1n) is 7.31. The number of phosphoric ester groups is 1. The number of phosphoric acid groups is 1. The van der Waals surface area contributed by atoms with Crippen LogP contribution in [0, 0.1) is 5.92 Å². The van der Waals surface area contributed by atoms with E-state index in [1.807, 2.05) is 0 Å². The summed E-state index contributed by atoms with van der Waals surface area (Å²) in [5.41, 5.74) is 0. The normalized spacial score (nSPS) is 12.3. The Labute approximate surface area is 137 Å². The minimum Gasteiger partial charge on any atom is -0.468 e. The van der Waals surface area contributed by atoms with Gasteiger partial charge < -0.3 is 9.26 Å². The third-order valence-electron chi connectivity index (χ3n) is 2.74. The summed E-state index contributed by atoms with van der Waals surface area (Å²) in [4.78, 5) is 23.6. The van der Waals surface area contributed by atoms with Gasteiger partial charge in [0.05, 0.1) is 20.3 Å². The van der Waals surface area contributed by atoms with E-state index in [0.717, 1.165) is 0 Å². The lowest BCUT2D eigenvalue weighted by molar-refractivity contribution is -0.149. The minimum absolute atomic E-state index is 0.00924. The second-order valence-corrected chi connectivity index (χ2v) is 6.07. The van der Waals surface area contributed by atoms with Crippen molar-refractivity contribution in [3.63, 3.8) is 0 Å². The van der Waals surface area contributed by atoms with Crippen LogP contribution >= 0.6 is 7.82 Å². The number of ketones is 1. The topological polar surface area (TPSA) is 88.1 Å². The molecule has 0 aromatic heterocycles. The smallest absolute Gasteiger partial charge is 0.468 e. The summed E-state index contributed by atoms with van der Waals surface area (Å²) >= 11 is 0. The van der Waals surface area contributed by atoms with Crippen molar-refractivity contribution in [3.8, 4) is 0 Å². The molecule has 0 amide bonds. The van der Waals surface area contributed by atoms with Crippen LogP contribution in [0.15, 0.2) is 25.0 Å². The Kier molecular flexibility index (Phi) is 10.5. The molecule has 0 aromatic rings. The van der Waals surface area contributed by atoms with Gasteiger partial charge in [0.25, 0.3) is 0 Å². The molecule has 0 rings (SSSR count). The third-order valence-corrected chi connectivity index (χ3v) is 4.37. The molecule has 0 bridgehead atoms. The Balaban J connectivity index is 4.61. The van der Waals surface area contributed by atoms with Gasteiger partial charge in [-0.2, -0.15) is 0 Å².